The Hall–Kier alpha value is -3.12. The Morgan fingerprint density at radius 1 is 1.26 bits per heavy atom. The normalized spacial score (nSPS) is 9.21. The van der Waals surface area contributed by atoms with E-state index in [1.54, 1.807) is 31.2 Å². The van der Waals surface area contributed by atoms with Crippen molar-refractivity contribution in [1.29, 1.82) is 10.5 Å². The highest BCUT2D eigenvalue weighted by atomic mass is 16.5. The highest BCUT2D eigenvalue weighted by Gasteiger charge is 2.05. The number of anilines is 1. The smallest absolute Gasteiger partial charge is 0.257 e. The van der Waals surface area contributed by atoms with E-state index < -0.39 is 0 Å². The fourth-order valence-corrected chi connectivity index (χ4v) is 1.37. The van der Waals surface area contributed by atoms with Gasteiger partial charge in [-0.05, 0) is 31.2 Å². The number of hydrogen-bond donors (Lipinski definition) is 1. The molecule has 1 N–H and O–H groups in total. The molecular formula is C13H9N5O. The lowest BCUT2D eigenvalue weighted by atomic mass is 10.2. The molecule has 2 aromatic rings. The maximum Gasteiger partial charge on any atom is 0.257 e. The molecule has 0 aliphatic heterocycles. The minimum Gasteiger partial charge on any atom is -0.360 e. The molecule has 0 saturated heterocycles. The Balaban J connectivity index is 2.14. The van der Waals surface area contributed by atoms with E-state index in [4.69, 9.17) is 15.0 Å². The van der Waals surface area contributed by atoms with Gasteiger partial charge in [-0.2, -0.15) is 15.5 Å². The number of aryl methyl sites for hydroxylation is 1. The average Bonchev–Trinajstić information content (AvgIpc) is 2.87. The highest BCUT2D eigenvalue weighted by molar-refractivity contribution is 5.59. The summed E-state index contributed by atoms with van der Waals surface area (Å²) in [5.74, 6) is 1.03. The van der Waals surface area contributed by atoms with E-state index in [9.17, 15) is 0 Å². The van der Waals surface area contributed by atoms with Gasteiger partial charge in [-0.3, -0.25) is 0 Å². The van der Waals surface area contributed by atoms with Crippen LogP contribution in [0.5, 0.6) is 0 Å². The molecule has 1 aromatic heterocycles. The van der Waals surface area contributed by atoms with Crippen molar-refractivity contribution in [3.8, 4) is 23.6 Å². The minimum atomic E-state index is 0.0107. The van der Waals surface area contributed by atoms with Gasteiger partial charge in [0.15, 0.2) is 5.82 Å². The van der Waals surface area contributed by atoms with Crippen LogP contribution < -0.4 is 5.32 Å². The molecule has 0 spiro atoms. The summed E-state index contributed by atoms with van der Waals surface area (Å²) in [5.41, 5.74) is 1.57. The van der Waals surface area contributed by atoms with Gasteiger partial charge in [0.05, 0.1) is 0 Å². The van der Waals surface area contributed by atoms with Crippen LogP contribution in [-0.4, -0.2) is 10.1 Å². The summed E-state index contributed by atoms with van der Waals surface area (Å²) >= 11 is 0. The van der Waals surface area contributed by atoms with Crippen molar-refractivity contribution in [3.63, 3.8) is 0 Å². The maximum atomic E-state index is 8.59. The number of rotatable bonds is 3. The summed E-state index contributed by atoms with van der Waals surface area (Å²) in [5, 5.41) is 23.8. The van der Waals surface area contributed by atoms with Crippen LogP contribution in [0, 0.1) is 29.6 Å². The van der Waals surface area contributed by atoms with Crippen molar-refractivity contribution < 1.29 is 4.52 Å². The second-order valence-electron chi connectivity index (χ2n) is 3.65. The third-order valence-corrected chi connectivity index (χ3v) is 2.28. The predicted octanol–water partition coefficient (Wildman–Crippen LogP) is 2.39. The molecule has 0 radical (unpaired) electrons. The molecule has 0 aliphatic carbocycles. The minimum absolute atomic E-state index is 0.0107. The Kier molecular flexibility index (Phi) is 3.56. The van der Waals surface area contributed by atoms with E-state index in [0.717, 1.165) is 11.3 Å². The van der Waals surface area contributed by atoms with Gasteiger partial charge >= 0.3 is 0 Å². The SMILES string of the molecule is Cc1noc(-c2ccc(NC=C(C#N)C#N)cc2)n1. The van der Waals surface area contributed by atoms with E-state index in [2.05, 4.69) is 15.5 Å². The van der Waals surface area contributed by atoms with Gasteiger partial charge in [0.25, 0.3) is 5.89 Å². The van der Waals surface area contributed by atoms with E-state index in [0.29, 0.717) is 11.7 Å². The second-order valence-corrected chi connectivity index (χ2v) is 3.65. The molecule has 0 aliphatic rings. The maximum absolute atomic E-state index is 8.59. The topological polar surface area (TPSA) is 98.5 Å². The Labute approximate surface area is 109 Å². The van der Waals surface area contributed by atoms with Gasteiger partial charge in [0.2, 0.25) is 0 Å². The Morgan fingerprint density at radius 3 is 2.47 bits per heavy atom. The summed E-state index contributed by atoms with van der Waals surface area (Å²) in [4.78, 5) is 4.12. The molecule has 0 atom stereocenters. The van der Waals surface area contributed by atoms with Crippen molar-refractivity contribution in [1.82, 2.24) is 10.1 Å². The van der Waals surface area contributed by atoms with Crippen molar-refractivity contribution in [2.45, 2.75) is 6.92 Å². The molecule has 0 saturated carbocycles. The molecular weight excluding hydrogens is 242 g/mol. The van der Waals surface area contributed by atoms with Crippen LogP contribution in [0.25, 0.3) is 11.5 Å². The summed E-state index contributed by atoms with van der Waals surface area (Å²) in [7, 11) is 0. The monoisotopic (exact) mass is 251 g/mol. The zero-order valence-corrected chi connectivity index (χ0v) is 10.1. The van der Waals surface area contributed by atoms with E-state index in [1.165, 1.54) is 6.20 Å². The first kappa shape index (κ1) is 12.3. The van der Waals surface area contributed by atoms with E-state index in [1.807, 2.05) is 12.1 Å². The molecule has 0 bridgehead atoms. The van der Waals surface area contributed by atoms with Gasteiger partial charge in [0.1, 0.15) is 17.7 Å². The number of aromatic nitrogens is 2. The fraction of sp³-hybridized carbons (Fsp3) is 0.0769. The number of nitrogens with one attached hydrogen (secondary N) is 1. The van der Waals surface area contributed by atoms with Crippen molar-refractivity contribution in [3.05, 3.63) is 41.9 Å². The van der Waals surface area contributed by atoms with Crippen LogP contribution in [0.2, 0.25) is 0 Å². The lowest BCUT2D eigenvalue weighted by Crippen LogP contribution is -1.89. The first-order chi connectivity index (χ1) is 9.22. The van der Waals surface area contributed by atoms with Crippen LogP contribution in [0.15, 0.2) is 40.6 Å². The molecule has 0 amide bonds. The molecule has 6 heteroatoms. The summed E-state index contributed by atoms with van der Waals surface area (Å²) < 4.78 is 5.04. The van der Waals surface area contributed by atoms with Crippen molar-refractivity contribution in [2.75, 3.05) is 5.32 Å². The van der Waals surface area contributed by atoms with Crippen LogP contribution in [0.4, 0.5) is 5.69 Å². The number of nitriles is 2. The van der Waals surface area contributed by atoms with Gasteiger partial charge in [-0.15, -0.1) is 0 Å². The van der Waals surface area contributed by atoms with Gasteiger partial charge in [-0.1, -0.05) is 5.16 Å². The molecule has 1 heterocycles. The van der Waals surface area contributed by atoms with E-state index >= 15 is 0 Å². The van der Waals surface area contributed by atoms with E-state index in [-0.39, 0.29) is 5.57 Å². The molecule has 6 nitrogen and oxygen atoms in total. The highest BCUT2D eigenvalue weighted by Crippen LogP contribution is 2.19. The third kappa shape index (κ3) is 2.96. The fourth-order valence-electron chi connectivity index (χ4n) is 1.37. The largest absolute Gasteiger partial charge is 0.360 e. The standard InChI is InChI=1S/C13H9N5O/c1-9-17-13(19-18-9)11-2-4-12(5-3-11)16-8-10(6-14)7-15/h2-5,8,16H,1H3. The van der Waals surface area contributed by atoms with Crippen molar-refractivity contribution in [2.24, 2.45) is 0 Å². The van der Waals surface area contributed by atoms with Crippen LogP contribution in [0.1, 0.15) is 5.82 Å². The first-order valence-corrected chi connectivity index (χ1v) is 5.40. The Bertz CT molecular complexity index is 669. The Morgan fingerprint density at radius 2 is 1.95 bits per heavy atom. The van der Waals surface area contributed by atoms with Gasteiger partial charge < -0.3 is 9.84 Å². The molecule has 1 aromatic carbocycles. The average molecular weight is 251 g/mol. The first-order valence-electron chi connectivity index (χ1n) is 5.40. The lowest BCUT2D eigenvalue weighted by molar-refractivity contribution is 0.425. The summed E-state index contributed by atoms with van der Waals surface area (Å²) in [6, 6.07) is 10.7. The van der Waals surface area contributed by atoms with Crippen LogP contribution in [-0.2, 0) is 0 Å². The number of benzene rings is 1. The van der Waals surface area contributed by atoms with Gasteiger partial charge in [-0.25, -0.2) is 0 Å². The molecule has 19 heavy (non-hydrogen) atoms. The van der Waals surface area contributed by atoms with Crippen molar-refractivity contribution >= 4 is 5.69 Å². The zero-order valence-electron chi connectivity index (χ0n) is 10.1. The van der Waals surface area contributed by atoms with Gasteiger partial charge in [0, 0.05) is 17.5 Å². The predicted molar refractivity (Wildman–Crippen MR) is 67.4 cm³/mol. The summed E-state index contributed by atoms with van der Waals surface area (Å²) in [6.45, 7) is 1.75. The summed E-state index contributed by atoms with van der Waals surface area (Å²) in [6.07, 6.45) is 1.35. The number of nitrogens with zero attached hydrogens (tertiary/aromatic N) is 4. The van der Waals surface area contributed by atoms with Crippen LogP contribution in [0.3, 0.4) is 0 Å². The molecule has 92 valence electrons. The molecule has 2 rings (SSSR count). The molecule has 0 fully saturated rings. The molecule has 0 unspecified atom stereocenters. The zero-order chi connectivity index (χ0) is 13.7. The number of hydrogen-bond acceptors (Lipinski definition) is 6. The van der Waals surface area contributed by atoms with Crippen LogP contribution >= 0.6 is 0 Å². The quantitative estimate of drug-likeness (QED) is 0.841. The third-order valence-electron chi connectivity index (χ3n) is 2.28. The second kappa shape index (κ2) is 5.48. The number of allylic oxidation sites excluding steroid dienone is 1. The lowest BCUT2D eigenvalue weighted by Gasteiger charge is -2.00.